The van der Waals surface area contributed by atoms with Gasteiger partial charge in [0.05, 0.1) is 22.8 Å². The number of aromatic amines is 1. The zero-order valence-electron chi connectivity index (χ0n) is 16.9. The fourth-order valence-electron chi connectivity index (χ4n) is 3.77. The molecular weight excluding hydrogens is 412 g/mol. The second-order valence-corrected chi connectivity index (χ2v) is 7.84. The van der Waals surface area contributed by atoms with Crippen LogP contribution in [0.5, 0.6) is 0 Å². The molecule has 0 aliphatic rings. The summed E-state index contributed by atoms with van der Waals surface area (Å²) in [5.41, 5.74) is 3.79. The van der Waals surface area contributed by atoms with Gasteiger partial charge in [0.15, 0.2) is 11.5 Å². The first-order valence-corrected chi connectivity index (χ1v) is 10.2. The summed E-state index contributed by atoms with van der Waals surface area (Å²) in [6.45, 7) is 4.00. The van der Waals surface area contributed by atoms with Gasteiger partial charge in [-0.2, -0.15) is 0 Å². The average molecular weight is 431 g/mol. The number of anilines is 1. The van der Waals surface area contributed by atoms with Crippen molar-refractivity contribution in [3.05, 3.63) is 87.8 Å². The number of aryl methyl sites for hydroxylation is 1. The highest BCUT2D eigenvalue weighted by atomic mass is 35.5. The summed E-state index contributed by atoms with van der Waals surface area (Å²) in [4.78, 5) is 29.4. The van der Waals surface area contributed by atoms with E-state index in [1.54, 1.807) is 17.0 Å². The molecule has 0 unspecified atom stereocenters. The number of rotatable bonds is 4. The number of nitrogens with zero attached hydrogens (tertiary/aromatic N) is 4. The van der Waals surface area contributed by atoms with Crippen molar-refractivity contribution in [2.24, 2.45) is 0 Å². The van der Waals surface area contributed by atoms with Crippen molar-refractivity contribution in [1.82, 2.24) is 24.5 Å². The van der Waals surface area contributed by atoms with Crippen LogP contribution in [0.25, 0.3) is 27.6 Å². The van der Waals surface area contributed by atoms with Gasteiger partial charge in [-0.15, -0.1) is 0 Å². The number of halogens is 1. The van der Waals surface area contributed by atoms with E-state index in [0.717, 1.165) is 22.3 Å². The normalized spacial score (nSPS) is 12.4. The Morgan fingerprint density at radius 1 is 1.10 bits per heavy atom. The molecule has 0 amide bonds. The van der Waals surface area contributed by atoms with Gasteiger partial charge in [-0.1, -0.05) is 41.4 Å². The second-order valence-electron chi connectivity index (χ2n) is 7.44. The maximum absolute atomic E-state index is 13.6. The van der Waals surface area contributed by atoms with Crippen molar-refractivity contribution in [3.8, 4) is 5.69 Å². The molecule has 0 saturated carbocycles. The second kappa shape index (κ2) is 7.52. The van der Waals surface area contributed by atoms with E-state index < -0.39 is 0 Å². The smallest absolute Gasteiger partial charge is 0.264 e. The van der Waals surface area contributed by atoms with Crippen LogP contribution in [0.2, 0.25) is 5.02 Å². The van der Waals surface area contributed by atoms with Crippen LogP contribution in [0, 0.1) is 6.92 Å². The first-order valence-electron chi connectivity index (χ1n) is 9.85. The first-order chi connectivity index (χ1) is 15.0. The highest BCUT2D eigenvalue weighted by Crippen LogP contribution is 2.28. The molecule has 5 aromatic rings. The Bertz CT molecular complexity index is 1470. The van der Waals surface area contributed by atoms with Gasteiger partial charge in [-0.25, -0.2) is 15.0 Å². The average Bonchev–Trinajstić information content (AvgIpc) is 3.24. The Kier molecular flexibility index (Phi) is 4.67. The van der Waals surface area contributed by atoms with E-state index in [-0.39, 0.29) is 11.6 Å². The van der Waals surface area contributed by atoms with Crippen LogP contribution in [0.15, 0.2) is 66.0 Å². The van der Waals surface area contributed by atoms with Crippen LogP contribution < -0.4 is 10.9 Å². The number of fused-ring (bicyclic) bond motifs is 2. The van der Waals surface area contributed by atoms with Crippen LogP contribution in [0.4, 0.5) is 5.82 Å². The largest absolute Gasteiger partial charge is 0.360 e. The van der Waals surface area contributed by atoms with E-state index in [9.17, 15) is 4.79 Å². The molecule has 8 heteroatoms. The summed E-state index contributed by atoms with van der Waals surface area (Å²) in [5, 5.41) is 5.11. The summed E-state index contributed by atoms with van der Waals surface area (Å²) in [5.74, 6) is 0.591. The third kappa shape index (κ3) is 3.33. The Balaban J connectivity index is 1.71. The van der Waals surface area contributed by atoms with Gasteiger partial charge in [-0.3, -0.25) is 9.36 Å². The van der Waals surface area contributed by atoms with Gasteiger partial charge < -0.3 is 10.3 Å². The standard InChI is InChI=1S/C23H19ClN6O/c1-13-6-8-16(9-7-13)30-18(10-15-4-3-5-17(24)19(15)23(30)31)14(2)29-22-20-21(26-11-25-20)27-12-28-22/h3-12,14H,1-2H3,(H2,25,26,27,28,29)/t14-/m0/s1. The number of hydrogen-bond acceptors (Lipinski definition) is 5. The molecule has 0 aliphatic heterocycles. The molecular formula is C23H19ClN6O. The zero-order chi connectivity index (χ0) is 21.5. The lowest BCUT2D eigenvalue weighted by Crippen LogP contribution is -2.26. The number of aromatic nitrogens is 5. The third-order valence-corrected chi connectivity index (χ3v) is 5.65. The van der Waals surface area contributed by atoms with Gasteiger partial charge in [0, 0.05) is 11.4 Å². The topological polar surface area (TPSA) is 88.5 Å². The molecule has 3 aromatic heterocycles. The van der Waals surface area contributed by atoms with Gasteiger partial charge in [0.1, 0.15) is 11.8 Å². The van der Waals surface area contributed by atoms with Crippen molar-refractivity contribution in [2.45, 2.75) is 19.9 Å². The molecule has 1 atom stereocenters. The molecule has 3 heterocycles. The number of imidazole rings is 1. The van der Waals surface area contributed by atoms with E-state index in [1.165, 1.54) is 6.33 Å². The monoisotopic (exact) mass is 430 g/mol. The van der Waals surface area contributed by atoms with E-state index in [1.807, 2.05) is 56.3 Å². The number of pyridine rings is 1. The summed E-state index contributed by atoms with van der Waals surface area (Å²) < 4.78 is 1.70. The van der Waals surface area contributed by atoms with Crippen molar-refractivity contribution in [2.75, 3.05) is 5.32 Å². The summed E-state index contributed by atoms with van der Waals surface area (Å²) >= 11 is 6.40. The molecule has 2 aromatic carbocycles. The quantitative estimate of drug-likeness (QED) is 0.428. The molecule has 0 bridgehead atoms. The fourth-order valence-corrected chi connectivity index (χ4v) is 4.03. The van der Waals surface area contributed by atoms with Crippen molar-refractivity contribution >= 4 is 39.4 Å². The van der Waals surface area contributed by atoms with Crippen LogP contribution in [-0.4, -0.2) is 24.5 Å². The van der Waals surface area contributed by atoms with Gasteiger partial charge in [0.25, 0.3) is 5.56 Å². The minimum absolute atomic E-state index is 0.164. The summed E-state index contributed by atoms with van der Waals surface area (Å²) in [7, 11) is 0. The predicted octanol–water partition coefficient (Wildman–Crippen LogP) is 4.79. The molecule has 0 radical (unpaired) electrons. The van der Waals surface area contributed by atoms with Gasteiger partial charge in [0.2, 0.25) is 0 Å². The van der Waals surface area contributed by atoms with Gasteiger partial charge in [-0.05, 0) is 43.5 Å². The van der Waals surface area contributed by atoms with E-state index in [2.05, 4.69) is 25.3 Å². The number of H-pyrrole nitrogens is 1. The summed E-state index contributed by atoms with van der Waals surface area (Å²) in [6.07, 6.45) is 3.05. The first kappa shape index (κ1) is 19.3. The van der Waals surface area contributed by atoms with E-state index >= 15 is 0 Å². The minimum Gasteiger partial charge on any atom is -0.360 e. The Hall–Kier alpha value is -3.71. The lowest BCUT2D eigenvalue weighted by Gasteiger charge is -2.21. The van der Waals surface area contributed by atoms with Crippen LogP contribution in [-0.2, 0) is 0 Å². The highest BCUT2D eigenvalue weighted by Gasteiger charge is 2.19. The molecule has 0 saturated heterocycles. The third-order valence-electron chi connectivity index (χ3n) is 5.33. The Morgan fingerprint density at radius 2 is 1.90 bits per heavy atom. The highest BCUT2D eigenvalue weighted by molar-refractivity contribution is 6.35. The molecule has 31 heavy (non-hydrogen) atoms. The molecule has 0 aliphatic carbocycles. The zero-order valence-corrected chi connectivity index (χ0v) is 17.7. The van der Waals surface area contributed by atoms with Crippen LogP contribution >= 0.6 is 11.6 Å². The molecule has 0 spiro atoms. The fraction of sp³-hybridized carbons (Fsp3) is 0.130. The van der Waals surface area contributed by atoms with Crippen molar-refractivity contribution < 1.29 is 0 Å². The SMILES string of the molecule is Cc1ccc(-n2c([C@H](C)Nc3ncnc4[nH]cnc34)cc3cccc(Cl)c3c2=O)cc1. The van der Waals surface area contributed by atoms with Crippen LogP contribution in [0.1, 0.15) is 24.2 Å². The van der Waals surface area contributed by atoms with Crippen molar-refractivity contribution in [1.29, 1.82) is 0 Å². The maximum Gasteiger partial charge on any atom is 0.264 e. The summed E-state index contributed by atoms with van der Waals surface area (Å²) in [6, 6.07) is 15.1. The predicted molar refractivity (Wildman–Crippen MR) is 123 cm³/mol. The Labute approximate surface area is 182 Å². The van der Waals surface area contributed by atoms with Crippen molar-refractivity contribution in [3.63, 3.8) is 0 Å². The number of hydrogen-bond donors (Lipinski definition) is 2. The van der Waals surface area contributed by atoms with E-state index in [0.29, 0.717) is 27.4 Å². The van der Waals surface area contributed by atoms with Gasteiger partial charge >= 0.3 is 0 Å². The van der Waals surface area contributed by atoms with E-state index in [4.69, 9.17) is 11.6 Å². The molecule has 7 nitrogen and oxygen atoms in total. The lowest BCUT2D eigenvalue weighted by molar-refractivity contribution is 0.774. The molecule has 2 N–H and O–H groups in total. The molecule has 5 rings (SSSR count). The lowest BCUT2D eigenvalue weighted by atomic mass is 10.1. The van der Waals surface area contributed by atoms with Crippen LogP contribution in [0.3, 0.4) is 0 Å². The number of nitrogens with one attached hydrogen (secondary N) is 2. The molecule has 0 fully saturated rings. The number of benzene rings is 2. The minimum atomic E-state index is -0.257. The Morgan fingerprint density at radius 3 is 2.71 bits per heavy atom. The maximum atomic E-state index is 13.6. The molecule has 154 valence electrons.